The molecule has 222 valence electrons. The molecular weight excluding hydrogens is 548 g/mol. The molecule has 3 aromatic carbocycles. The van der Waals surface area contributed by atoms with E-state index in [2.05, 4.69) is 10.6 Å². The molecule has 3 aliphatic rings. The maximum Gasteiger partial charge on any atom is 0.258 e. The second-order valence-electron chi connectivity index (χ2n) is 11.0. The Bertz CT molecular complexity index is 1710. The van der Waals surface area contributed by atoms with Gasteiger partial charge >= 0.3 is 0 Å². The van der Waals surface area contributed by atoms with Crippen LogP contribution in [0.2, 0.25) is 0 Å². The van der Waals surface area contributed by atoms with E-state index in [0.717, 1.165) is 22.0 Å². The van der Waals surface area contributed by atoms with Crippen molar-refractivity contribution >= 4 is 28.6 Å². The van der Waals surface area contributed by atoms with Crippen LogP contribution in [0, 0.1) is 6.92 Å². The van der Waals surface area contributed by atoms with Crippen molar-refractivity contribution in [2.24, 2.45) is 7.05 Å². The van der Waals surface area contributed by atoms with E-state index in [-0.39, 0.29) is 37.4 Å². The van der Waals surface area contributed by atoms with Gasteiger partial charge in [0, 0.05) is 67.4 Å². The fraction of sp³-hybridized carbons (Fsp3) is 0.303. The molecule has 4 aromatic rings. The molecule has 1 aromatic heterocycles. The molecule has 10 nitrogen and oxygen atoms in total. The number of carbonyl (C=O) groups excluding carboxylic acids is 3. The molecule has 0 unspecified atom stereocenters. The number of hydrogen-bond donors (Lipinski definition) is 2. The molecule has 43 heavy (non-hydrogen) atoms. The van der Waals surface area contributed by atoms with Gasteiger partial charge in [-0.15, -0.1) is 0 Å². The van der Waals surface area contributed by atoms with Crippen LogP contribution < -0.4 is 24.8 Å². The Balaban J connectivity index is 1.33. The number of benzene rings is 3. The van der Waals surface area contributed by atoms with Crippen molar-refractivity contribution in [1.82, 2.24) is 20.1 Å². The lowest BCUT2D eigenvalue weighted by Gasteiger charge is -2.39. The monoisotopic (exact) mass is 582 g/mol. The van der Waals surface area contributed by atoms with Gasteiger partial charge < -0.3 is 34.3 Å². The molecule has 0 saturated carbocycles. The van der Waals surface area contributed by atoms with Crippen molar-refractivity contribution in [2.75, 3.05) is 26.8 Å². The first-order valence-corrected chi connectivity index (χ1v) is 14.3. The highest BCUT2D eigenvalue weighted by molar-refractivity contribution is 6.07. The molecule has 10 heteroatoms. The van der Waals surface area contributed by atoms with E-state index in [1.165, 1.54) is 0 Å². The third-order valence-corrected chi connectivity index (χ3v) is 8.11. The summed E-state index contributed by atoms with van der Waals surface area (Å²) in [7, 11) is 3.49. The van der Waals surface area contributed by atoms with E-state index < -0.39 is 12.1 Å². The molecule has 4 bridgehead atoms. The van der Waals surface area contributed by atoms with Crippen LogP contribution >= 0.6 is 0 Å². The number of likely N-dealkylation sites (tertiary alicyclic amines) is 1. The van der Waals surface area contributed by atoms with Crippen LogP contribution in [-0.2, 0) is 18.4 Å². The zero-order chi connectivity index (χ0) is 30.1. The minimum absolute atomic E-state index is 0.0953. The second kappa shape index (κ2) is 11.7. The highest BCUT2D eigenvalue weighted by atomic mass is 16.5. The lowest BCUT2D eigenvalue weighted by atomic mass is 9.99. The van der Waals surface area contributed by atoms with Crippen molar-refractivity contribution < 1.29 is 28.6 Å². The Morgan fingerprint density at radius 3 is 2.74 bits per heavy atom. The molecule has 4 heterocycles. The Labute approximate surface area is 249 Å². The normalized spacial score (nSPS) is 19.0. The van der Waals surface area contributed by atoms with Gasteiger partial charge in [-0.3, -0.25) is 14.4 Å². The number of ether oxygens (including phenoxy) is 3. The van der Waals surface area contributed by atoms with Crippen LogP contribution in [0.1, 0.15) is 38.3 Å². The number of aryl methyl sites for hydroxylation is 2. The summed E-state index contributed by atoms with van der Waals surface area (Å²) in [5.41, 5.74) is 3.56. The number of nitrogens with one attached hydrogen (secondary N) is 2. The highest BCUT2D eigenvalue weighted by Gasteiger charge is 2.35. The number of para-hydroxylation sites is 1. The predicted molar refractivity (Wildman–Crippen MR) is 161 cm³/mol. The summed E-state index contributed by atoms with van der Waals surface area (Å²) in [5, 5.41) is 6.85. The van der Waals surface area contributed by atoms with Crippen molar-refractivity contribution in [1.29, 1.82) is 0 Å². The minimum atomic E-state index is -0.504. The number of carbonyl (C=O) groups is 3. The Morgan fingerprint density at radius 1 is 1.07 bits per heavy atom. The number of methoxy groups -OCH3 is 1. The van der Waals surface area contributed by atoms with Crippen molar-refractivity contribution in [2.45, 2.75) is 32.0 Å². The van der Waals surface area contributed by atoms with Crippen molar-refractivity contribution in [3.05, 3.63) is 89.1 Å². The van der Waals surface area contributed by atoms with Gasteiger partial charge in [-0.25, -0.2) is 0 Å². The van der Waals surface area contributed by atoms with Gasteiger partial charge in [0.1, 0.15) is 23.4 Å². The van der Waals surface area contributed by atoms with Crippen LogP contribution in [0.25, 0.3) is 10.9 Å². The third-order valence-electron chi connectivity index (χ3n) is 8.11. The number of hydrogen-bond acceptors (Lipinski definition) is 6. The number of nitrogens with zero attached hydrogens (tertiary/aromatic N) is 2. The lowest BCUT2D eigenvalue weighted by Crippen LogP contribution is -2.58. The average Bonchev–Trinajstić information content (AvgIpc) is 3.36. The summed E-state index contributed by atoms with van der Waals surface area (Å²) in [6.07, 6.45) is 1.95. The zero-order valence-corrected chi connectivity index (χ0v) is 24.4. The van der Waals surface area contributed by atoms with E-state index in [9.17, 15) is 14.4 Å². The maximum atomic E-state index is 13.8. The number of aromatic nitrogens is 1. The summed E-state index contributed by atoms with van der Waals surface area (Å²) in [4.78, 5) is 41.7. The van der Waals surface area contributed by atoms with Crippen LogP contribution in [0.5, 0.6) is 17.2 Å². The maximum absolute atomic E-state index is 13.8. The third kappa shape index (κ3) is 5.73. The standard InChI is InChI=1S/C33H34N4O6/c1-20-8-9-21-14-29(20)42-19-31(38)34-16-22-10-11-23(15-30(22)41-3)43-28-12-13-37(18-26(28)35-32(21)39)33(40)25-17-36(2)27-7-5-4-6-24(25)27/h4-11,14-15,17,26,28H,12-13,16,18-19H2,1-3H3,(H,34,38)(H,35,39)/t26-,28+/m0/s1. The SMILES string of the molecule is COc1cc2ccc1CNC(=O)COc1cc(ccc1C)C(=O)N[C@H]1CN(C(=O)c3cn(C)c4ccccc34)CC[C@H]1O2. The summed E-state index contributed by atoms with van der Waals surface area (Å²) < 4.78 is 19.8. The molecule has 0 spiro atoms. The topological polar surface area (TPSA) is 111 Å². The molecule has 2 atom stereocenters. The van der Waals surface area contributed by atoms with Crippen LogP contribution in [-0.4, -0.2) is 66.1 Å². The first kappa shape index (κ1) is 28.1. The number of fused-ring (bicyclic) bond motifs is 8. The molecule has 1 saturated heterocycles. The minimum Gasteiger partial charge on any atom is -0.496 e. The molecule has 1 fully saturated rings. The van der Waals surface area contributed by atoms with Crippen LogP contribution in [0.3, 0.4) is 0 Å². The van der Waals surface area contributed by atoms with Gasteiger partial charge in [-0.05, 0) is 42.8 Å². The van der Waals surface area contributed by atoms with Gasteiger partial charge in [-0.1, -0.05) is 24.3 Å². The lowest BCUT2D eigenvalue weighted by molar-refractivity contribution is -0.123. The molecule has 2 N–H and O–H groups in total. The number of piperidine rings is 1. The molecule has 7 rings (SSSR count). The fourth-order valence-corrected chi connectivity index (χ4v) is 5.73. The summed E-state index contributed by atoms with van der Waals surface area (Å²) >= 11 is 0. The van der Waals surface area contributed by atoms with E-state index in [1.807, 2.05) is 61.1 Å². The molecular formula is C33H34N4O6. The summed E-state index contributed by atoms with van der Waals surface area (Å²) in [6.45, 7) is 2.63. The first-order chi connectivity index (χ1) is 20.8. The smallest absolute Gasteiger partial charge is 0.258 e. The summed E-state index contributed by atoms with van der Waals surface area (Å²) in [6, 6.07) is 17.9. The van der Waals surface area contributed by atoms with Gasteiger partial charge in [-0.2, -0.15) is 0 Å². The van der Waals surface area contributed by atoms with Gasteiger partial charge in [0.25, 0.3) is 17.7 Å². The predicted octanol–water partition coefficient (Wildman–Crippen LogP) is 3.60. The second-order valence-corrected chi connectivity index (χ2v) is 11.0. The highest BCUT2D eigenvalue weighted by Crippen LogP contribution is 2.29. The Hall–Kier alpha value is -4.99. The van der Waals surface area contributed by atoms with E-state index in [4.69, 9.17) is 14.2 Å². The molecule has 0 aliphatic carbocycles. The molecule has 0 radical (unpaired) electrons. The Kier molecular flexibility index (Phi) is 7.67. The van der Waals surface area contributed by atoms with E-state index in [0.29, 0.717) is 41.3 Å². The molecule has 3 aliphatic heterocycles. The van der Waals surface area contributed by atoms with Crippen LogP contribution in [0.15, 0.2) is 66.9 Å². The average molecular weight is 583 g/mol. The number of rotatable bonds is 2. The zero-order valence-electron chi connectivity index (χ0n) is 24.4. The van der Waals surface area contributed by atoms with Crippen LogP contribution in [0.4, 0.5) is 0 Å². The van der Waals surface area contributed by atoms with Gasteiger partial charge in [0.05, 0.1) is 18.7 Å². The van der Waals surface area contributed by atoms with Gasteiger partial charge in [0.2, 0.25) is 0 Å². The Morgan fingerprint density at radius 2 is 1.91 bits per heavy atom. The van der Waals surface area contributed by atoms with Crippen molar-refractivity contribution in [3.63, 3.8) is 0 Å². The largest absolute Gasteiger partial charge is 0.496 e. The van der Waals surface area contributed by atoms with Crippen molar-refractivity contribution in [3.8, 4) is 17.2 Å². The van der Waals surface area contributed by atoms with E-state index in [1.54, 1.807) is 36.3 Å². The first-order valence-electron chi connectivity index (χ1n) is 14.3. The molecule has 3 amide bonds. The van der Waals surface area contributed by atoms with Gasteiger partial charge in [0.15, 0.2) is 6.61 Å². The number of amides is 3. The summed E-state index contributed by atoms with van der Waals surface area (Å²) in [5.74, 6) is 0.845. The quantitative estimate of drug-likeness (QED) is 0.374. The van der Waals surface area contributed by atoms with E-state index >= 15 is 0 Å². The fourth-order valence-electron chi connectivity index (χ4n) is 5.73.